The fourth-order valence-electron chi connectivity index (χ4n) is 1.89. The maximum absolute atomic E-state index is 13.6. The van der Waals surface area contributed by atoms with E-state index in [0.717, 1.165) is 5.56 Å². The predicted molar refractivity (Wildman–Crippen MR) is 83.4 cm³/mol. The van der Waals surface area contributed by atoms with Gasteiger partial charge in [0.2, 0.25) is 0 Å². The molecule has 0 amide bonds. The van der Waals surface area contributed by atoms with E-state index >= 15 is 0 Å². The largest absolute Gasteiger partial charge is 0.493 e. The molecule has 0 heterocycles. The van der Waals surface area contributed by atoms with Gasteiger partial charge in [-0.1, -0.05) is 30.3 Å². The van der Waals surface area contributed by atoms with Crippen LogP contribution >= 0.6 is 0 Å². The number of carbonyl (C=O) groups excluding carboxylic acids is 1. The number of halogens is 1. The summed E-state index contributed by atoms with van der Waals surface area (Å²) >= 11 is 0. The number of methoxy groups -OCH3 is 1. The lowest BCUT2D eigenvalue weighted by Gasteiger charge is -2.11. The SMILES string of the molecule is COc1cc(/C=C/C(C)=O)ccc1OCc1ccccc1F. The molecule has 114 valence electrons. The molecule has 0 saturated carbocycles. The molecule has 2 aromatic rings. The topological polar surface area (TPSA) is 35.5 Å². The highest BCUT2D eigenvalue weighted by molar-refractivity contribution is 5.91. The van der Waals surface area contributed by atoms with Crippen molar-refractivity contribution in [3.63, 3.8) is 0 Å². The second-order valence-electron chi connectivity index (χ2n) is 4.73. The van der Waals surface area contributed by atoms with E-state index in [2.05, 4.69) is 0 Å². The number of benzene rings is 2. The van der Waals surface area contributed by atoms with Crippen molar-refractivity contribution < 1.29 is 18.7 Å². The van der Waals surface area contributed by atoms with Gasteiger partial charge < -0.3 is 9.47 Å². The van der Waals surface area contributed by atoms with Gasteiger partial charge in [-0.3, -0.25) is 4.79 Å². The van der Waals surface area contributed by atoms with Gasteiger partial charge in [-0.15, -0.1) is 0 Å². The van der Waals surface area contributed by atoms with E-state index in [1.54, 1.807) is 42.5 Å². The Labute approximate surface area is 129 Å². The number of rotatable bonds is 6. The molecule has 0 aliphatic rings. The van der Waals surface area contributed by atoms with Gasteiger partial charge in [0, 0.05) is 5.56 Å². The normalized spacial score (nSPS) is 10.7. The van der Waals surface area contributed by atoms with E-state index in [1.807, 2.05) is 0 Å². The number of ether oxygens (including phenoxy) is 2. The van der Waals surface area contributed by atoms with Crippen LogP contribution in [0.1, 0.15) is 18.1 Å². The summed E-state index contributed by atoms with van der Waals surface area (Å²) in [6.07, 6.45) is 3.18. The summed E-state index contributed by atoms with van der Waals surface area (Å²) < 4.78 is 24.5. The van der Waals surface area contributed by atoms with Crippen molar-refractivity contribution in [1.29, 1.82) is 0 Å². The zero-order valence-electron chi connectivity index (χ0n) is 12.5. The molecule has 0 fully saturated rings. The van der Waals surface area contributed by atoms with Crippen LogP contribution in [0.15, 0.2) is 48.5 Å². The molecule has 3 nitrogen and oxygen atoms in total. The molecule has 0 saturated heterocycles. The van der Waals surface area contributed by atoms with E-state index in [0.29, 0.717) is 17.1 Å². The van der Waals surface area contributed by atoms with Crippen LogP contribution in [-0.4, -0.2) is 12.9 Å². The fourth-order valence-corrected chi connectivity index (χ4v) is 1.89. The molecule has 0 aromatic heterocycles. The molecule has 0 spiro atoms. The van der Waals surface area contributed by atoms with Crippen molar-refractivity contribution in [2.75, 3.05) is 7.11 Å². The minimum atomic E-state index is -0.303. The molecular formula is C18H17FO3. The van der Waals surface area contributed by atoms with Gasteiger partial charge in [-0.05, 0) is 36.8 Å². The summed E-state index contributed by atoms with van der Waals surface area (Å²) in [7, 11) is 1.53. The second kappa shape index (κ2) is 7.41. The van der Waals surface area contributed by atoms with Crippen LogP contribution in [0.5, 0.6) is 11.5 Å². The Hall–Kier alpha value is -2.62. The van der Waals surface area contributed by atoms with Gasteiger partial charge in [0.05, 0.1) is 7.11 Å². The number of carbonyl (C=O) groups is 1. The first-order valence-electron chi connectivity index (χ1n) is 6.83. The molecule has 0 unspecified atom stereocenters. The van der Waals surface area contributed by atoms with E-state index < -0.39 is 0 Å². The van der Waals surface area contributed by atoms with Crippen molar-refractivity contribution >= 4 is 11.9 Å². The third kappa shape index (κ3) is 4.19. The average Bonchev–Trinajstić information content (AvgIpc) is 2.52. The number of hydrogen-bond donors (Lipinski definition) is 0. The number of hydrogen-bond acceptors (Lipinski definition) is 3. The third-order valence-corrected chi connectivity index (χ3v) is 3.04. The second-order valence-corrected chi connectivity index (χ2v) is 4.73. The van der Waals surface area contributed by atoms with Gasteiger partial charge in [0.1, 0.15) is 12.4 Å². The smallest absolute Gasteiger partial charge is 0.161 e. The Morgan fingerprint density at radius 1 is 1.18 bits per heavy atom. The highest BCUT2D eigenvalue weighted by Crippen LogP contribution is 2.29. The Morgan fingerprint density at radius 2 is 1.95 bits per heavy atom. The fraction of sp³-hybridized carbons (Fsp3) is 0.167. The zero-order chi connectivity index (χ0) is 15.9. The highest BCUT2D eigenvalue weighted by Gasteiger charge is 2.07. The lowest BCUT2D eigenvalue weighted by atomic mass is 10.1. The first kappa shape index (κ1) is 15.8. The molecule has 22 heavy (non-hydrogen) atoms. The molecule has 0 aliphatic heterocycles. The standard InChI is InChI=1S/C18H17FO3/c1-13(20)7-8-14-9-10-17(18(11-14)21-2)22-12-15-5-3-4-6-16(15)19/h3-11H,12H2,1-2H3/b8-7+. The van der Waals surface area contributed by atoms with Crippen molar-refractivity contribution in [3.8, 4) is 11.5 Å². The van der Waals surface area contributed by atoms with E-state index in [-0.39, 0.29) is 18.2 Å². The quantitative estimate of drug-likeness (QED) is 0.756. The Balaban J connectivity index is 2.14. The van der Waals surface area contributed by atoms with Crippen molar-refractivity contribution in [2.45, 2.75) is 13.5 Å². The zero-order valence-corrected chi connectivity index (χ0v) is 12.5. The Kier molecular flexibility index (Phi) is 5.31. The van der Waals surface area contributed by atoms with Crippen LogP contribution in [0, 0.1) is 5.82 Å². The lowest BCUT2D eigenvalue weighted by molar-refractivity contribution is -0.112. The molecule has 0 aliphatic carbocycles. The van der Waals surface area contributed by atoms with Crippen LogP contribution in [0.4, 0.5) is 4.39 Å². The van der Waals surface area contributed by atoms with Gasteiger partial charge in [0.25, 0.3) is 0 Å². The molecule has 0 bridgehead atoms. The summed E-state index contributed by atoms with van der Waals surface area (Å²) in [5.74, 6) is 0.717. The number of ketones is 1. The Morgan fingerprint density at radius 3 is 2.64 bits per heavy atom. The van der Waals surface area contributed by atoms with E-state index in [9.17, 15) is 9.18 Å². The maximum Gasteiger partial charge on any atom is 0.161 e. The Bertz CT molecular complexity index is 692. The summed E-state index contributed by atoms with van der Waals surface area (Å²) in [6, 6.07) is 11.8. The van der Waals surface area contributed by atoms with Crippen LogP contribution < -0.4 is 9.47 Å². The first-order chi connectivity index (χ1) is 10.6. The minimum absolute atomic E-state index is 0.0288. The first-order valence-corrected chi connectivity index (χ1v) is 6.83. The molecule has 2 aromatic carbocycles. The third-order valence-electron chi connectivity index (χ3n) is 3.04. The van der Waals surface area contributed by atoms with E-state index in [1.165, 1.54) is 26.2 Å². The molecule has 0 N–H and O–H groups in total. The van der Waals surface area contributed by atoms with E-state index in [4.69, 9.17) is 9.47 Å². The highest BCUT2D eigenvalue weighted by atomic mass is 19.1. The molecule has 2 rings (SSSR count). The average molecular weight is 300 g/mol. The van der Waals surface area contributed by atoms with Crippen LogP contribution in [-0.2, 0) is 11.4 Å². The summed E-state index contributed by atoms with van der Waals surface area (Å²) in [5, 5.41) is 0. The number of allylic oxidation sites excluding steroid dienone is 1. The van der Waals surface area contributed by atoms with Gasteiger partial charge in [0.15, 0.2) is 17.3 Å². The minimum Gasteiger partial charge on any atom is -0.493 e. The molecular weight excluding hydrogens is 283 g/mol. The molecule has 0 atom stereocenters. The van der Waals surface area contributed by atoms with Crippen molar-refractivity contribution in [1.82, 2.24) is 0 Å². The van der Waals surface area contributed by atoms with Crippen LogP contribution in [0.25, 0.3) is 6.08 Å². The molecule has 0 radical (unpaired) electrons. The predicted octanol–water partition coefficient (Wildman–Crippen LogP) is 4.02. The van der Waals surface area contributed by atoms with Gasteiger partial charge >= 0.3 is 0 Å². The van der Waals surface area contributed by atoms with Gasteiger partial charge in [-0.25, -0.2) is 4.39 Å². The molecule has 4 heteroatoms. The maximum atomic E-state index is 13.6. The van der Waals surface area contributed by atoms with Crippen molar-refractivity contribution in [2.24, 2.45) is 0 Å². The lowest BCUT2D eigenvalue weighted by Crippen LogP contribution is -2.00. The summed E-state index contributed by atoms with van der Waals surface area (Å²) in [5.41, 5.74) is 1.30. The summed E-state index contributed by atoms with van der Waals surface area (Å²) in [6.45, 7) is 1.60. The summed E-state index contributed by atoms with van der Waals surface area (Å²) in [4.78, 5) is 11.0. The van der Waals surface area contributed by atoms with Crippen LogP contribution in [0.2, 0.25) is 0 Å². The van der Waals surface area contributed by atoms with Crippen molar-refractivity contribution in [3.05, 3.63) is 65.5 Å². The van der Waals surface area contributed by atoms with Gasteiger partial charge in [-0.2, -0.15) is 0 Å². The van der Waals surface area contributed by atoms with Crippen LogP contribution in [0.3, 0.4) is 0 Å². The monoisotopic (exact) mass is 300 g/mol.